The summed E-state index contributed by atoms with van der Waals surface area (Å²) in [6.07, 6.45) is 1.54. The van der Waals surface area contributed by atoms with Gasteiger partial charge < -0.3 is 9.84 Å². The molecule has 106 valence electrons. The third kappa shape index (κ3) is 4.14. The number of rotatable bonds is 8. The summed E-state index contributed by atoms with van der Waals surface area (Å²) in [6.45, 7) is 4.27. The fourth-order valence-electron chi connectivity index (χ4n) is 1.56. The Morgan fingerprint density at radius 3 is 2.47 bits per heavy atom. The first-order valence-electron chi connectivity index (χ1n) is 5.86. The first kappa shape index (κ1) is 15.8. The quantitative estimate of drug-likeness (QED) is 0.724. The zero-order valence-corrected chi connectivity index (χ0v) is 11.8. The van der Waals surface area contributed by atoms with E-state index in [1.807, 2.05) is 0 Å². The summed E-state index contributed by atoms with van der Waals surface area (Å²) in [4.78, 5) is 0.197. The highest BCUT2D eigenvalue weighted by atomic mass is 32.2. The van der Waals surface area contributed by atoms with Crippen molar-refractivity contribution < 1.29 is 18.3 Å². The molecule has 0 fully saturated rings. The number of nitrogens with zero attached hydrogens (tertiary/aromatic N) is 1. The van der Waals surface area contributed by atoms with Gasteiger partial charge in [0.2, 0.25) is 10.0 Å². The van der Waals surface area contributed by atoms with Crippen molar-refractivity contribution in [1.29, 1.82) is 0 Å². The summed E-state index contributed by atoms with van der Waals surface area (Å²) in [5.41, 5.74) is 0.672. The van der Waals surface area contributed by atoms with Crippen molar-refractivity contribution in [3.05, 3.63) is 42.5 Å². The molecule has 0 saturated heterocycles. The largest absolute Gasteiger partial charge is 0.392 e. The Morgan fingerprint density at radius 2 is 2.00 bits per heavy atom. The maximum Gasteiger partial charge on any atom is 0.243 e. The van der Waals surface area contributed by atoms with Crippen LogP contribution in [0.2, 0.25) is 0 Å². The number of aliphatic hydroxyl groups excluding tert-OH is 1. The van der Waals surface area contributed by atoms with Gasteiger partial charge in [-0.05, 0) is 17.7 Å². The van der Waals surface area contributed by atoms with Crippen LogP contribution >= 0.6 is 0 Å². The summed E-state index contributed by atoms with van der Waals surface area (Å²) >= 11 is 0. The summed E-state index contributed by atoms with van der Waals surface area (Å²) < 4.78 is 31.0. The van der Waals surface area contributed by atoms with E-state index in [1.165, 1.54) is 29.6 Å². The second-order valence-electron chi connectivity index (χ2n) is 3.95. The van der Waals surface area contributed by atoms with Crippen LogP contribution in [0.25, 0.3) is 0 Å². The molecule has 0 aliphatic carbocycles. The molecule has 1 N–H and O–H groups in total. The van der Waals surface area contributed by atoms with Gasteiger partial charge in [0, 0.05) is 20.2 Å². The third-order valence-corrected chi connectivity index (χ3v) is 4.50. The van der Waals surface area contributed by atoms with E-state index in [0.717, 1.165) is 0 Å². The van der Waals surface area contributed by atoms with Gasteiger partial charge in [0.15, 0.2) is 0 Å². The molecule has 0 radical (unpaired) electrons. The molecule has 0 heterocycles. The van der Waals surface area contributed by atoms with Crippen LogP contribution in [0.1, 0.15) is 5.56 Å². The van der Waals surface area contributed by atoms with Crippen molar-refractivity contribution in [3.63, 3.8) is 0 Å². The lowest BCUT2D eigenvalue weighted by atomic mass is 10.2. The molecular weight excluding hydrogens is 266 g/mol. The highest BCUT2D eigenvalue weighted by Gasteiger charge is 2.22. The first-order valence-corrected chi connectivity index (χ1v) is 7.30. The molecule has 19 heavy (non-hydrogen) atoms. The maximum atomic E-state index is 12.4. The summed E-state index contributed by atoms with van der Waals surface area (Å²) in [5.74, 6) is 0. The second kappa shape index (κ2) is 7.40. The van der Waals surface area contributed by atoms with Crippen LogP contribution in [-0.2, 0) is 21.4 Å². The lowest BCUT2D eigenvalue weighted by Gasteiger charge is -2.20. The minimum Gasteiger partial charge on any atom is -0.392 e. The Labute approximate surface area is 114 Å². The minimum atomic E-state index is -3.56. The lowest BCUT2D eigenvalue weighted by Crippen LogP contribution is -2.34. The van der Waals surface area contributed by atoms with Gasteiger partial charge in [-0.3, -0.25) is 0 Å². The van der Waals surface area contributed by atoms with Gasteiger partial charge in [-0.25, -0.2) is 8.42 Å². The van der Waals surface area contributed by atoms with Crippen molar-refractivity contribution >= 4 is 10.0 Å². The number of ether oxygens (including phenoxy) is 1. The van der Waals surface area contributed by atoms with Crippen molar-refractivity contribution in [1.82, 2.24) is 4.31 Å². The molecule has 1 rings (SSSR count). The molecule has 0 aliphatic heterocycles. The van der Waals surface area contributed by atoms with Crippen molar-refractivity contribution in [3.8, 4) is 0 Å². The summed E-state index contributed by atoms with van der Waals surface area (Å²) in [6, 6.07) is 6.16. The van der Waals surface area contributed by atoms with E-state index in [2.05, 4.69) is 6.58 Å². The molecule has 0 bridgehead atoms. The van der Waals surface area contributed by atoms with Crippen LogP contribution in [0.15, 0.2) is 41.8 Å². The molecule has 1 aromatic rings. The van der Waals surface area contributed by atoms with E-state index in [-0.39, 0.29) is 24.6 Å². The first-order chi connectivity index (χ1) is 9.06. The van der Waals surface area contributed by atoms with Gasteiger partial charge in [-0.1, -0.05) is 18.2 Å². The standard InChI is InChI=1S/C13H19NO4S/c1-3-8-14(9-10-18-2)19(16,17)13-6-4-12(11-15)5-7-13/h3-7,15H,1,8-11H2,2H3. The van der Waals surface area contributed by atoms with Crippen molar-refractivity contribution in [2.24, 2.45) is 0 Å². The normalized spacial score (nSPS) is 11.7. The highest BCUT2D eigenvalue weighted by Crippen LogP contribution is 2.16. The molecule has 6 heteroatoms. The maximum absolute atomic E-state index is 12.4. The van der Waals surface area contributed by atoms with E-state index >= 15 is 0 Å². The average molecular weight is 285 g/mol. The average Bonchev–Trinajstić information content (AvgIpc) is 2.43. The summed E-state index contributed by atoms with van der Waals surface area (Å²) in [5, 5.41) is 8.95. The topological polar surface area (TPSA) is 66.8 Å². The highest BCUT2D eigenvalue weighted by molar-refractivity contribution is 7.89. The monoisotopic (exact) mass is 285 g/mol. The van der Waals surface area contributed by atoms with Gasteiger partial charge >= 0.3 is 0 Å². The smallest absolute Gasteiger partial charge is 0.243 e. The molecule has 0 unspecified atom stereocenters. The Kier molecular flexibility index (Phi) is 6.17. The molecule has 0 spiro atoms. The molecule has 1 aromatic carbocycles. The van der Waals surface area contributed by atoms with Crippen LogP contribution in [-0.4, -0.2) is 44.6 Å². The predicted octanol–water partition coefficient (Wildman–Crippen LogP) is 1.00. The number of benzene rings is 1. The van der Waals surface area contributed by atoms with E-state index in [4.69, 9.17) is 9.84 Å². The van der Waals surface area contributed by atoms with Crippen LogP contribution < -0.4 is 0 Å². The fraction of sp³-hybridized carbons (Fsp3) is 0.385. The van der Waals surface area contributed by atoms with Crippen LogP contribution in [0.5, 0.6) is 0 Å². The van der Waals surface area contributed by atoms with E-state index < -0.39 is 10.0 Å². The van der Waals surface area contributed by atoms with E-state index in [0.29, 0.717) is 12.2 Å². The number of hydrogen-bond donors (Lipinski definition) is 1. The van der Waals surface area contributed by atoms with Crippen LogP contribution in [0.4, 0.5) is 0 Å². The van der Waals surface area contributed by atoms with E-state index in [1.54, 1.807) is 12.1 Å². The Balaban J connectivity index is 2.99. The number of hydrogen-bond acceptors (Lipinski definition) is 4. The Hall–Kier alpha value is -1.21. The minimum absolute atomic E-state index is 0.111. The molecule has 0 saturated carbocycles. The second-order valence-corrected chi connectivity index (χ2v) is 5.88. The molecule has 0 atom stereocenters. The van der Waals surface area contributed by atoms with Crippen molar-refractivity contribution in [2.45, 2.75) is 11.5 Å². The SMILES string of the molecule is C=CCN(CCOC)S(=O)(=O)c1ccc(CO)cc1. The Morgan fingerprint density at radius 1 is 1.37 bits per heavy atom. The predicted molar refractivity (Wildman–Crippen MR) is 73.2 cm³/mol. The number of aliphatic hydroxyl groups is 1. The van der Waals surface area contributed by atoms with Gasteiger partial charge in [-0.15, -0.1) is 6.58 Å². The van der Waals surface area contributed by atoms with E-state index in [9.17, 15) is 8.42 Å². The fourth-order valence-corrected chi connectivity index (χ4v) is 2.96. The Bertz CT molecular complexity index is 496. The van der Waals surface area contributed by atoms with Crippen LogP contribution in [0.3, 0.4) is 0 Å². The zero-order chi connectivity index (χ0) is 14.3. The number of sulfonamides is 1. The molecule has 0 aliphatic rings. The van der Waals surface area contributed by atoms with Gasteiger partial charge in [0.25, 0.3) is 0 Å². The van der Waals surface area contributed by atoms with Gasteiger partial charge in [0.05, 0.1) is 18.1 Å². The third-order valence-electron chi connectivity index (χ3n) is 2.62. The summed E-state index contributed by atoms with van der Waals surface area (Å²) in [7, 11) is -2.04. The molecular formula is C13H19NO4S. The zero-order valence-electron chi connectivity index (χ0n) is 10.9. The van der Waals surface area contributed by atoms with Gasteiger partial charge in [-0.2, -0.15) is 4.31 Å². The van der Waals surface area contributed by atoms with Crippen molar-refractivity contribution in [2.75, 3.05) is 26.8 Å². The van der Waals surface area contributed by atoms with Crippen LogP contribution in [0, 0.1) is 0 Å². The molecule has 0 amide bonds. The molecule has 0 aromatic heterocycles. The lowest BCUT2D eigenvalue weighted by molar-refractivity contribution is 0.182. The van der Waals surface area contributed by atoms with Gasteiger partial charge in [0.1, 0.15) is 0 Å². The molecule has 5 nitrogen and oxygen atoms in total. The number of methoxy groups -OCH3 is 1.